The Labute approximate surface area is 157 Å². The molecule has 3 N–H and O–H groups in total. The number of anilines is 1. The molecule has 0 atom stereocenters. The van der Waals surface area contributed by atoms with Crippen molar-refractivity contribution in [1.82, 2.24) is 10.2 Å². The molecule has 26 heavy (non-hydrogen) atoms. The predicted octanol–water partition coefficient (Wildman–Crippen LogP) is 1.15. The number of amides is 3. The first-order valence-electron chi connectivity index (χ1n) is 8.85. The molecule has 0 unspecified atom stereocenters. The monoisotopic (exact) mass is 378 g/mol. The summed E-state index contributed by atoms with van der Waals surface area (Å²) in [5.74, 6) is -0.528. The van der Waals surface area contributed by atoms with E-state index in [0.717, 1.165) is 19.3 Å². The Hall–Kier alpha value is -2.12. The van der Waals surface area contributed by atoms with E-state index in [1.807, 2.05) is 4.90 Å². The zero-order valence-corrected chi connectivity index (χ0v) is 15.3. The summed E-state index contributed by atoms with van der Waals surface area (Å²) in [4.78, 5) is 39.5. The van der Waals surface area contributed by atoms with Crippen molar-refractivity contribution >= 4 is 35.0 Å². The van der Waals surface area contributed by atoms with Crippen molar-refractivity contribution in [2.75, 3.05) is 31.1 Å². The highest BCUT2D eigenvalue weighted by Crippen LogP contribution is 2.29. The summed E-state index contributed by atoms with van der Waals surface area (Å²) in [6.07, 6.45) is 2.78. The van der Waals surface area contributed by atoms with Crippen molar-refractivity contribution in [1.29, 1.82) is 0 Å². The number of primary amides is 1. The van der Waals surface area contributed by atoms with Gasteiger partial charge in [0.2, 0.25) is 11.8 Å². The summed E-state index contributed by atoms with van der Waals surface area (Å²) in [6.45, 7) is 2.28. The van der Waals surface area contributed by atoms with Crippen molar-refractivity contribution in [2.24, 2.45) is 5.73 Å². The normalized spacial score (nSPS) is 19.0. The van der Waals surface area contributed by atoms with E-state index in [2.05, 4.69) is 5.32 Å². The number of likely N-dealkylation sites (tertiary alicyclic amines) is 1. The standard InChI is InChI=1S/C18H23ClN4O3/c19-12-3-4-14(15(10-12)23-7-1-2-17(23)25)18(26)21-13-5-8-22(9-6-13)11-16(20)24/h3-4,10,13H,1-2,5-9,11H2,(H2,20,24)(H,21,26). The first-order chi connectivity index (χ1) is 12.4. The fraction of sp³-hybridized carbons (Fsp3) is 0.500. The molecule has 140 valence electrons. The summed E-state index contributed by atoms with van der Waals surface area (Å²) in [5.41, 5.74) is 6.26. The number of nitrogens with one attached hydrogen (secondary N) is 1. The van der Waals surface area contributed by atoms with Crippen LogP contribution in [0.1, 0.15) is 36.0 Å². The average molecular weight is 379 g/mol. The predicted molar refractivity (Wildman–Crippen MR) is 99.2 cm³/mol. The highest BCUT2D eigenvalue weighted by atomic mass is 35.5. The molecule has 2 aliphatic rings. The number of rotatable bonds is 5. The lowest BCUT2D eigenvalue weighted by Gasteiger charge is -2.31. The van der Waals surface area contributed by atoms with Crippen LogP contribution in [-0.2, 0) is 9.59 Å². The second kappa shape index (κ2) is 8.05. The number of piperidine rings is 1. The minimum Gasteiger partial charge on any atom is -0.369 e. The van der Waals surface area contributed by atoms with Crippen molar-refractivity contribution < 1.29 is 14.4 Å². The average Bonchev–Trinajstić information content (AvgIpc) is 3.02. The number of carbonyl (C=O) groups is 3. The fourth-order valence-electron chi connectivity index (χ4n) is 3.54. The van der Waals surface area contributed by atoms with E-state index in [1.54, 1.807) is 23.1 Å². The maximum absolute atomic E-state index is 12.8. The maximum atomic E-state index is 12.8. The van der Waals surface area contributed by atoms with Crippen molar-refractivity contribution in [3.05, 3.63) is 28.8 Å². The number of halogens is 1. The first kappa shape index (κ1) is 18.7. The van der Waals surface area contributed by atoms with Crippen LogP contribution in [0, 0.1) is 0 Å². The maximum Gasteiger partial charge on any atom is 0.253 e. The third-order valence-electron chi connectivity index (χ3n) is 4.87. The molecule has 2 heterocycles. The molecule has 7 nitrogen and oxygen atoms in total. The summed E-state index contributed by atoms with van der Waals surface area (Å²) in [6, 6.07) is 5.04. The molecule has 0 bridgehead atoms. The Kier molecular flexibility index (Phi) is 5.78. The zero-order chi connectivity index (χ0) is 18.7. The van der Waals surface area contributed by atoms with Gasteiger partial charge in [-0.1, -0.05) is 11.6 Å². The number of nitrogens with two attached hydrogens (primary N) is 1. The van der Waals surface area contributed by atoms with Crippen LogP contribution in [0.5, 0.6) is 0 Å². The molecule has 0 aliphatic carbocycles. The van der Waals surface area contributed by atoms with Crippen molar-refractivity contribution in [3.63, 3.8) is 0 Å². The van der Waals surface area contributed by atoms with E-state index in [0.29, 0.717) is 42.3 Å². The van der Waals surface area contributed by atoms with Gasteiger partial charge in [0.05, 0.1) is 17.8 Å². The Morgan fingerprint density at radius 3 is 2.58 bits per heavy atom. The number of hydrogen-bond acceptors (Lipinski definition) is 4. The van der Waals surface area contributed by atoms with Gasteiger partial charge in [-0.05, 0) is 37.5 Å². The van der Waals surface area contributed by atoms with E-state index in [4.69, 9.17) is 17.3 Å². The molecule has 0 spiro atoms. The third kappa shape index (κ3) is 4.34. The van der Waals surface area contributed by atoms with Crippen LogP contribution in [0.4, 0.5) is 5.69 Å². The van der Waals surface area contributed by atoms with E-state index in [9.17, 15) is 14.4 Å². The molecule has 0 saturated carbocycles. The lowest BCUT2D eigenvalue weighted by atomic mass is 10.0. The fourth-order valence-corrected chi connectivity index (χ4v) is 3.71. The van der Waals surface area contributed by atoms with Gasteiger partial charge in [-0.3, -0.25) is 19.3 Å². The molecule has 8 heteroatoms. The number of carbonyl (C=O) groups excluding carboxylic acids is 3. The van der Waals surface area contributed by atoms with Crippen LogP contribution in [0.2, 0.25) is 5.02 Å². The number of hydrogen-bond donors (Lipinski definition) is 2. The molecule has 3 amide bonds. The minimum absolute atomic E-state index is 0.0149. The van der Waals surface area contributed by atoms with Gasteiger partial charge in [-0.25, -0.2) is 0 Å². The molecule has 0 aromatic heterocycles. The van der Waals surface area contributed by atoms with Crippen LogP contribution in [0.25, 0.3) is 0 Å². The minimum atomic E-state index is -0.339. The van der Waals surface area contributed by atoms with E-state index in [-0.39, 0.29) is 30.3 Å². The van der Waals surface area contributed by atoms with E-state index >= 15 is 0 Å². The van der Waals surface area contributed by atoms with Crippen molar-refractivity contribution in [3.8, 4) is 0 Å². The Balaban J connectivity index is 1.67. The molecule has 1 aromatic carbocycles. The summed E-state index contributed by atoms with van der Waals surface area (Å²) in [7, 11) is 0. The molecule has 0 radical (unpaired) electrons. The number of benzene rings is 1. The summed E-state index contributed by atoms with van der Waals surface area (Å²) in [5, 5.41) is 3.54. The van der Waals surface area contributed by atoms with Crippen LogP contribution in [-0.4, -0.2) is 54.8 Å². The first-order valence-corrected chi connectivity index (χ1v) is 9.23. The van der Waals surface area contributed by atoms with Gasteiger partial charge >= 0.3 is 0 Å². The van der Waals surface area contributed by atoms with Gasteiger partial charge in [0.25, 0.3) is 5.91 Å². The lowest BCUT2D eigenvalue weighted by molar-refractivity contribution is -0.119. The van der Waals surface area contributed by atoms with Gasteiger partial charge in [-0.15, -0.1) is 0 Å². The smallest absolute Gasteiger partial charge is 0.253 e. The Bertz CT molecular complexity index is 716. The largest absolute Gasteiger partial charge is 0.369 e. The highest BCUT2D eigenvalue weighted by Gasteiger charge is 2.28. The molecular weight excluding hydrogens is 356 g/mol. The van der Waals surface area contributed by atoms with Gasteiger partial charge in [0, 0.05) is 37.1 Å². The molecule has 1 aromatic rings. The second-order valence-corrected chi connectivity index (χ2v) is 7.24. The van der Waals surface area contributed by atoms with Gasteiger partial charge in [0.15, 0.2) is 0 Å². The Morgan fingerprint density at radius 1 is 1.23 bits per heavy atom. The molecule has 2 fully saturated rings. The van der Waals surface area contributed by atoms with Gasteiger partial charge in [-0.2, -0.15) is 0 Å². The second-order valence-electron chi connectivity index (χ2n) is 6.80. The van der Waals surface area contributed by atoms with Crippen LogP contribution >= 0.6 is 11.6 Å². The van der Waals surface area contributed by atoms with E-state index in [1.165, 1.54) is 0 Å². The third-order valence-corrected chi connectivity index (χ3v) is 5.11. The van der Waals surface area contributed by atoms with Crippen LogP contribution in [0.15, 0.2) is 18.2 Å². The van der Waals surface area contributed by atoms with Gasteiger partial charge < -0.3 is 16.0 Å². The lowest BCUT2D eigenvalue weighted by Crippen LogP contribution is -2.47. The molecule has 3 rings (SSSR count). The van der Waals surface area contributed by atoms with Crippen molar-refractivity contribution in [2.45, 2.75) is 31.7 Å². The molecule has 2 aliphatic heterocycles. The number of nitrogens with zero attached hydrogens (tertiary/aromatic N) is 2. The van der Waals surface area contributed by atoms with Crippen LogP contribution in [0.3, 0.4) is 0 Å². The molecule has 2 saturated heterocycles. The van der Waals surface area contributed by atoms with Crippen LogP contribution < -0.4 is 16.0 Å². The molecular formula is C18H23ClN4O3. The SMILES string of the molecule is NC(=O)CN1CCC(NC(=O)c2ccc(Cl)cc2N2CCCC2=O)CC1. The van der Waals surface area contributed by atoms with E-state index < -0.39 is 0 Å². The quantitative estimate of drug-likeness (QED) is 0.803. The van der Waals surface area contributed by atoms with Gasteiger partial charge in [0.1, 0.15) is 0 Å². The summed E-state index contributed by atoms with van der Waals surface area (Å²) >= 11 is 6.08. The Morgan fingerprint density at radius 2 is 1.96 bits per heavy atom. The zero-order valence-electron chi connectivity index (χ0n) is 14.5. The highest BCUT2D eigenvalue weighted by molar-refractivity contribution is 6.31. The topological polar surface area (TPSA) is 95.7 Å². The summed E-state index contributed by atoms with van der Waals surface area (Å²) < 4.78 is 0.